The molecule has 27 heavy (non-hydrogen) atoms. The molecule has 0 spiro atoms. The molecule has 0 radical (unpaired) electrons. The smallest absolute Gasteiger partial charge is 0.341 e. The maximum atomic E-state index is 12.7. The van der Waals surface area contributed by atoms with Gasteiger partial charge in [-0.1, -0.05) is 35.9 Å². The van der Waals surface area contributed by atoms with Gasteiger partial charge in [-0.2, -0.15) is 0 Å². The number of methoxy groups -OCH3 is 1. The van der Waals surface area contributed by atoms with E-state index >= 15 is 0 Å². The summed E-state index contributed by atoms with van der Waals surface area (Å²) in [5.74, 6) is -0.830. The van der Waals surface area contributed by atoms with Crippen molar-refractivity contribution in [3.63, 3.8) is 0 Å². The van der Waals surface area contributed by atoms with E-state index in [4.69, 9.17) is 16.3 Å². The molecule has 1 N–H and O–H groups in total. The molecule has 0 aliphatic carbocycles. The van der Waals surface area contributed by atoms with E-state index < -0.39 is 5.97 Å². The molecule has 0 aliphatic heterocycles. The van der Waals surface area contributed by atoms with Crippen LogP contribution in [0.1, 0.15) is 25.6 Å². The van der Waals surface area contributed by atoms with Gasteiger partial charge in [0.05, 0.1) is 12.7 Å². The summed E-state index contributed by atoms with van der Waals surface area (Å²) in [6, 6.07) is 14.3. The number of ether oxygens (including phenoxy) is 1. The third-order valence-corrected chi connectivity index (χ3v) is 5.88. The molecule has 7 heteroatoms. The Morgan fingerprint density at radius 3 is 2.56 bits per heavy atom. The van der Waals surface area contributed by atoms with Gasteiger partial charge in [0.15, 0.2) is 0 Å². The molecule has 0 bridgehead atoms. The van der Waals surface area contributed by atoms with Crippen LogP contribution in [0.2, 0.25) is 5.02 Å². The highest BCUT2D eigenvalue weighted by atomic mass is 79.9. The number of hydrogen-bond donors (Lipinski definition) is 1. The highest BCUT2D eigenvalue weighted by molar-refractivity contribution is 9.10. The van der Waals surface area contributed by atoms with Gasteiger partial charge < -0.3 is 10.1 Å². The summed E-state index contributed by atoms with van der Waals surface area (Å²) in [4.78, 5) is 26.1. The van der Waals surface area contributed by atoms with E-state index in [-0.39, 0.29) is 5.91 Å². The number of benzene rings is 2. The predicted octanol–water partition coefficient (Wildman–Crippen LogP) is 6.18. The number of thiophene rings is 1. The quantitative estimate of drug-likeness (QED) is 0.469. The van der Waals surface area contributed by atoms with Gasteiger partial charge >= 0.3 is 5.97 Å². The Labute approximate surface area is 174 Å². The average Bonchev–Trinajstić information content (AvgIpc) is 2.97. The van der Waals surface area contributed by atoms with Gasteiger partial charge in [-0.25, -0.2) is 4.79 Å². The predicted molar refractivity (Wildman–Crippen MR) is 113 cm³/mol. The van der Waals surface area contributed by atoms with Crippen molar-refractivity contribution in [2.75, 3.05) is 12.4 Å². The average molecular weight is 465 g/mol. The fourth-order valence-electron chi connectivity index (χ4n) is 2.74. The lowest BCUT2D eigenvalue weighted by Crippen LogP contribution is -2.14. The van der Waals surface area contributed by atoms with Crippen LogP contribution < -0.4 is 5.32 Å². The standard InChI is InChI=1S/C20H15BrClNO3S/c1-11-16(12-6-5-7-13(22)10-12)17(20(25)26-2)19(27-11)23-18(24)14-8-3-4-9-15(14)21/h3-10H,1-2H3,(H,23,24). The van der Waals surface area contributed by atoms with Gasteiger partial charge in [-0.15, -0.1) is 11.3 Å². The Hall–Kier alpha value is -2.15. The molecule has 1 heterocycles. The SMILES string of the molecule is COC(=O)c1c(NC(=O)c2ccccc2Br)sc(C)c1-c1cccc(Cl)c1. The third-order valence-electron chi connectivity index (χ3n) is 3.93. The third kappa shape index (κ3) is 4.08. The number of amides is 1. The first-order valence-electron chi connectivity index (χ1n) is 7.96. The first-order valence-corrected chi connectivity index (χ1v) is 9.94. The van der Waals surface area contributed by atoms with Crippen LogP contribution in [-0.4, -0.2) is 19.0 Å². The largest absolute Gasteiger partial charge is 0.465 e. The Morgan fingerprint density at radius 2 is 1.89 bits per heavy atom. The van der Waals surface area contributed by atoms with Crippen molar-refractivity contribution >= 4 is 55.7 Å². The number of anilines is 1. The lowest BCUT2D eigenvalue weighted by atomic mass is 10.0. The topological polar surface area (TPSA) is 55.4 Å². The molecule has 0 saturated carbocycles. The van der Waals surface area contributed by atoms with Crippen LogP contribution in [0.15, 0.2) is 53.0 Å². The molecule has 0 atom stereocenters. The maximum absolute atomic E-state index is 12.7. The zero-order valence-electron chi connectivity index (χ0n) is 14.5. The van der Waals surface area contributed by atoms with E-state index in [0.29, 0.717) is 31.2 Å². The first kappa shape index (κ1) is 19.6. The molecule has 0 saturated heterocycles. The number of aryl methyl sites for hydroxylation is 1. The van der Waals surface area contributed by atoms with Crippen LogP contribution in [0.3, 0.4) is 0 Å². The van der Waals surface area contributed by atoms with Crippen molar-refractivity contribution in [3.05, 3.63) is 74.0 Å². The zero-order valence-corrected chi connectivity index (χ0v) is 17.7. The second-order valence-corrected chi connectivity index (χ2v) is 8.19. The zero-order chi connectivity index (χ0) is 19.6. The number of halogens is 2. The van der Waals surface area contributed by atoms with Crippen LogP contribution >= 0.6 is 38.9 Å². The molecule has 3 aromatic rings. The van der Waals surface area contributed by atoms with Gasteiger partial charge in [-0.3, -0.25) is 4.79 Å². The van der Waals surface area contributed by atoms with Gasteiger partial charge in [0, 0.05) is 19.9 Å². The monoisotopic (exact) mass is 463 g/mol. The van der Waals surface area contributed by atoms with Crippen molar-refractivity contribution < 1.29 is 14.3 Å². The van der Waals surface area contributed by atoms with Crippen molar-refractivity contribution in [1.29, 1.82) is 0 Å². The second kappa shape index (κ2) is 8.25. The minimum atomic E-state index is -0.517. The van der Waals surface area contributed by atoms with Crippen molar-refractivity contribution in [2.45, 2.75) is 6.92 Å². The number of rotatable bonds is 4. The highest BCUT2D eigenvalue weighted by Gasteiger charge is 2.25. The van der Waals surface area contributed by atoms with Gasteiger partial charge in [-0.05, 0) is 52.7 Å². The molecule has 3 rings (SSSR count). The number of hydrogen-bond acceptors (Lipinski definition) is 4. The molecule has 1 aromatic heterocycles. The lowest BCUT2D eigenvalue weighted by molar-refractivity contribution is 0.0603. The van der Waals surface area contributed by atoms with Crippen LogP contribution in [0.4, 0.5) is 5.00 Å². The number of carbonyl (C=O) groups excluding carboxylic acids is 2. The molecular formula is C20H15BrClNO3S. The minimum absolute atomic E-state index is 0.313. The summed E-state index contributed by atoms with van der Waals surface area (Å²) in [5, 5.41) is 3.85. The summed E-state index contributed by atoms with van der Waals surface area (Å²) in [6.07, 6.45) is 0. The van der Waals surface area contributed by atoms with Gasteiger partial charge in [0.1, 0.15) is 10.6 Å². The molecule has 138 valence electrons. The summed E-state index contributed by atoms with van der Waals surface area (Å²) < 4.78 is 5.64. The second-order valence-electron chi connectivity index (χ2n) is 5.67. The summed E-state index contributed by atoms with van der Waals surface area (Å²) in [5.41, 5.74) is 2.29. The highest BCUT2D eigenvalue weighted by Crippen LogP contribution is 2.41. The molecular weight excluding hydrogens is 450 g/mol. The van der Waals surface area contributed by atoms with E-state index in [1.54, 1.807) is 30.3 Å². The number of nitrogens with one attached hydrogen (secondary N) is 1. The van der Waals surface area contributed by atoms with Crippen molar-refractivity contribution in [1.82, 2.24) is 0 Å². The van der Waals surface area contributed by atoms with E-state index in [9.17, 15) is 9.59 Å². The fraction of sp³-hybridized carbons (Fsp3) is 0.100. The van der Waals surface area contributed by atoms with E-state index in [2.05, 4.69) is 21.2 Å². The van der Waals surface area contributed by atoms with Crippen LogP contribution in [0.5, 0.6) is 0 Å². The molecule has 0 aliphatic rings. The first-order chi connectivity index (χ1) is 12.9. The van der Waals surface area contributed by atoms with Gasteiger partial charge in [0.2, 0.25) is 0 Å². The Kier molecular flexibility index (Phi) is 5.99. The molecule has 0 fully saturated rings. The molecule has 1 amide bonds. The van der Waals surface area contributed by atoms with Gasteiger partial charge in [0.25, 0.3) is 5.91 Å². The van der Waals surface area contributed by atoms with Crippen LogP contribution in [0, 0.1) is 6.92 Å². The summed E-state index contributed by atoms with van der Waals surface area (Å²) in [6.45, 7) is 1.89. The van der Waals surface area contributed by atoms with Crippen molar-refractivity contribution in [2.24, 2.45) is 0 Å². The van der Waals surface area contributed by atoms with E-state index in [0.717, 1.165) is 10.4 Å². The molecule has 0 unspecified atom stereocenters. The van der Waals surface area contributed by atoms with E-state index in [1.807, 2.05) is 25.1 Å². The lowest BCUT2D eigenvalue weighted by Gasteiger charge is -2.09. The van der Waals surface area contributed by atoms with Crippen LogP contribution in [0.25, 0.3) is 11.1 Å². The molecule has 2 aromatic carbocycles. The van der Waals surface area contributed by atoms with Crippen LogP contribution in [-0.2, 0) is 4.74 Å². The van der Waals surface area contributed by atoms with Crippen molar-refractivity contribution in [3.8, 4) is 11.1 Å². The van der Waals surface area contributed by atoms with E-state index in [1.165, 1.54) is 18.4 Å². The Morgan fingerprint density at radius 1 is 1.15 bits per heavy atom. The summed E-state index contributed by atoms with van der Waals surface area (Å²) in [7, 11) is 1.32. The Bertz CT molecular complexity index is 1030. The number of carbonyl (C=O) groups is 2. The Balaban J connectivity index is 2.09. The molecule has 4 nitrogen and oxygen atoms in total. The normalized spacial score (nSPS) is 10.5. The maximum Gasteiger partial charge on any atom is 0.341 e. The minimum Gasteiger partial charge on any atom is -0.465 e. The summed E-state index contributed by atoms with van der Waals surface area (Å²) >= 11 is 10.8. The number of esters is 1. The fourth-order valence-corrected chi connectivity index (χ4v) is 4.45.